The van der Waals surface area contributed by atoms with Crippen molar-refractivity contribution in [2.45, 2.75) is 6.92 Å². The van der Waals surface area contributed by atoms with Crippen LogP contribution in [0.15, 0.2) is 77.2 Å². The van der Waals surface area contributed by atoms with E-state index in [1.165, 1.54) is 6.92 Å². The third kappa shape index (κ3) is 4.15. The van der Waals surface area contributed by atoms with Crippen molar-refractivity contribution in [3.05, 3.63) is 83.7 Å². The van der Waals surface area contributed by atoms with Crippen molar-refractivity contribution in [3.63, 3.8) is 0 Å². The van der Waals surface area contributed by atoms with Crippen LogP contribution in [0.25, 0.3) is 44.2 Å². The molecular weight excluding hydrogens is 458 g/mol. The second kappa shape index (κ2) is 9.19. The maximum absolute atomic E-state index is 12.1. The van der Waals surface area contributed by atoms with Gasteiger partial charge in [0.15, 0.2) is 0 Å². The molecule has 0 saturated carbocycles. The van der Waals surface area contributed by atoms with Crippen LogP contribution in [0.4, 0.5) is 0 Å². The first kappa shape index (κ1) is 23.1. The van der Waals surface area contributed by atoms with Gasteiger partial charge in [-0.1, -0.05) is 24.3 Å². The van der Waals surface area contributed by atoms with Crippen molar-refractivity contribution in [2.24, 2.45) is 0 Å². The minimum atomic E-state index is -0.993. The van der Waals surface area contributed by atoms with Gasteiger partial charge in [0.2, 0.25) is 12.2 Å². The van der Waals surface area contributed by atoms with E-state index in [9.17, 15) is 14.7 Å². The lowest BCUT2D eigenvalue weighted by molar-refractivity contribution is -0.147. The number of carboxylic acids is 1. The highest BCUT2D eigenvalue weighted by Gasteiger charge is 2.22. The summed E-state index contributed by atoms with van der Waals surface area (Å²) in [4.78, 5) is 23.1. The molecule has 0 spiro atoms. The van der Waals surface area contributed by atoms with Gasteiger partial charge in [-0.05, 0) is 47.3 Å². The fourth-order valence-electron chi connectivity index (χ4n) is 4.37. The van der Waals surface area contributed by atoms with Gasteiger partial charge in [0.1, 0.15) is 31.2 Å². The Morgan fingerprint density at radius 3 is 2.44 bits per heavy atom. The topological polar surface area (TPSA) is 89.0 Å². The predicted molar refractivity (Wildman–Crippen MR) is 137 cm³/mol. The van der Waals surface area contributed by atoms with E-state index >= 15 is 0 Å². The number of fused-ring (bicyclic) bond motifs is 4. The highest BCUT2D eigenvalue weighted by atomic mass is 16.7. The van der Waals surface area contributed by atoms with E-state index in [-0.39, 0.29) is 12.4 Å². The first-order valence-corrected chi connectivity index (χ1v) is 11.4. The van der Waals surface area contributed by atoms with Gasteiger partial charge >= 0.3 is 11.9 Å². The molecule has 2 aliphatic rings. The van der Waals surface area contributed by atoms with Crippen LogP contribution in [0, 0.1) is 0 Å². The third-order valence-electron chi connectivity index (χ3n) is 6.09. The minimum Gasteiger partial charge on any atom is -0.478 e. The number of ether oxygens (including phenoxy) is 2. The molecule has 0 fully saturated rings. The first-order valence-electron chi connectivity index (χ1n) is 11.4. The summed E-state index contributed by atoms with van der Waals surface area (Å²) in [5, 5.41) is 13.4. The average Bonchev–Trinajstić information content (AvgIpc) is 2.86. The Labute approximate surface area is 206 Å². The largest absolute Gasteiger partial charge is 0.478 e. The summed E-state index contributed by atoms with van der Waals surface area (Å²) >= 11 is 0. The number of carboxylic acid groups (broad SMARTS) is 1. The predicted octanol–water partition coefficient (Wildman–Crippen LogP) is 4.99. The number of hydrogen-bond acceptors (Lipinski definition) is 5. The summed E-state index contributed by atoms with van der Waals surface area (Å²) in [6, 6.07) is 22.3. The Hall–Kier alpha value is -4.65. The SMILES string of the molecule is CC(=O)OCOc1ccc2c(ccc3c(-c4ccccc4C(=O)O)c4ccc(=[N+](C)C)cc-4oc32)c1. The third-order valence-corrected chi connectivity index (χ3v) is 6.09. The molecule has 36 heavy (non-hydrogen) atoms. The van der Waals surface area contributed by atoms with Crippen LogP contribution in [0.3, 0.4) is 0 Å². The van der Waals surface area contributed by atoms with Crippen LogP contribution in [0.1, 0.15) is 17.3 Å². The molecule has 7 heteroatoms. The molecule has 3 aromatic carbocycles. The Kier molecular flexibility index (Phi) is 5.90. The summed E-state index contributed by atoms with van der Waals surface area (Å²) in [5.74, 6) is -0.214. The molecule has 1 aliphatic carbocycles. The smallest absolute Gasteiger partial charge is 0.336 e. The van der Waals surface area contributed by atoms with E-state index in [0.717, 1.165) is 32.6 Å². The normalized spacial score (nSPS) is 11.1. The molecule has 5 rings (SSSR count). The molecule has 7 nitrogen and oxygen atoms in total. The first-order chi connectivity index (χ1) is 17.3. The molecule has 0 unspecified atom stereocenters. The van der Waals surface area contributed by atoms with Gasteiger partial charge in [-0.3, -0.25) is 4.79 Å². The zero-order valence-electron chi connectivity index (χ0n) is 20.1. The summed E-state index contributed by atoms with van der Waals surface area (Å²) in [6.45, 7) is 1.15. The zero-order valence-corrected chi connectivity index (χ0v) is 20.1. The number of hydrogen-bond donors (Lipinski definition) is 1. The average molecular weight is 483 g/mol. The Balaban J connectivity index is 1.82. The number of esters is 1. The van der Waals surface area contributed by atoms with Crippen molar-refractivity contribution in [2.75, 3.05) is 20.9 Å². The highest BCUT2D eigenvalue weighted by Crippen LogP contribution is 2.43. The van der Waals surface area contributed by atoms with Crippen LogP contribution in [0.2, 0.25) is 0 Å². The Morgan fingerprint density at radius 1 is 0.917 bits per heavy atom. The summed E-state index contributed by atoms with van der Waals surface area (Å²) in [6.07, 6.45) is 0. The molecule has 3 aromatic rings. The van der Waals surface area contributed by atoms with Crippen LogP contribution in [-0.4, -0.2) is 37.9 Å². The maximum Gasteiger partial charge on any atom is 0.336 e. The van der Waals surface area contributed by atoms with Gasteiger partial charge in [-0.25, -0.2) is 9.37 Å². The van der Waals surface area contributed by atoms with E-state index < -0.39 is 11.9 Å². The van der Waals surface area contributed by atoms with E-state index in [1.54, 1.807) is 18.2 Å². The fraction of sp³-hybridized carbons (Fsp3) is 0.138. The van der Waals surface area contributed by atoms with Gasteiger partial charge < -0.3 is 19.0 Å². The number of carbonyl (C=O) groups excluding carboxylic acids is 1. The zero-order chi connectivity index (χ0) is 25.4. The van der Waals surface area contributed by atoms with E-state index in [1.807, 2.05) is 73.3 Å². The molecule has 0 saturated heterocycles. The summed E-state index contributed by atoms with van der Waals surface area (Å²) < 4.78 is 18.9. The Bertz CT molecular complexity index is 1690. The minimum absolute atomic E-state index is 0.174. The van der Waals surface area contributed by atoms with Crippen LogP contribution >= 0.6 is 0 Å². The molecule has 0 amide bonds. The van der Waals surface area contributed by atoms with Gasteiger partial charge in [0.05, 0.1) is 11.6 Å². The molecule has 1 heterocycles. The lowest BCUT2D eigenvalue weighted by Crippen LogP contribution is -2.21. The van der Waals surface area contributed by atoms with Crippen molar-refractivity contribution >= 4 is 33.7 Å². The maximum atomic E-state index is 12.1. The van der Waals surface area contributed by atoms with Crippen LogP contribution < -0.4 is 14.7 Å². The van der Waals surface area contributed by atoms with Crippen molar-refractivity contribution < 1.29 is 28.6 Å². The van der Waals surface area contributed by atoms with Gasteiger partial charge in [0.25, 0.3) is 0 Å². The van der Waals surface area contributed by atoms with Crippen molar-refractivity contribution in [1.82, 2.24) is 4.58 Å². The van der Waals surface area contributed by atoms with Crippen molar-refractivity contribution in [3.8, 4) is 28.2 Å². The van der Waals surface area contributed by atoms with Gasteiger partial charge in [-0.15, -0.1) is 0 Å². The quantitative estimate of drug-likeness (QED) is 0.125. The molecular formula is C29H24NO6+. The lowest BCUT2D eigenvalue weighted by Gasteiger charge is -2.17. The van der Waals surface area contributed by atoms with E-state index in [0.29, 0.717) is 22.7 Å². The Morgan fingerprint density at radius 2 is 1.69 bits per heavy atom. The molecule has 0 atom stereocenters. The summed E-state index contributed by atoms with van der Waals surface area (Å²) in [7, 11) is 3.91. The number of rotatable bonds is 5. The standard InChI is InChI=1S/C29H23NO6/c1-17(31)34-16-35-20-10-13-21-18(14-20)8-11-25-27(22-6-4-5-7-23(22)29(32)33)24-12-9-19(30(2)3)15-26(24)36-28(21)25/h4-15H,16H2,1-3H3/p+1. The molecule has 0 radical (unpaired) electrons. The second-order valence-electron chi connectivity index (χ2n) is 8.63. The number of nitrogens with zero attached hydrogens (tertiary/aromatic N) is 1. The number of aromatic carboxylic acids is 1. The summed E-state index contributed by atoms with van der Waals surface area (Å²) in [5.41, 5.74) is 3.10. The van der Waals surface area contributed by atoms with Gasteiger partial charge in [0, 0.05) is 34.9 Å². The van der Waals surface area contributed by atoms with E-state index in [4.69, 9.17) is 13.9 Å². The second-order valence-corrected chi connectivity index (χ2v) is 8.63. The monoisotopic (exact) mass is 482 g/mol. The van der Waals surface area contributed by atoms with E-state index in [2.05, 4.69) is 0 Å². The fourth-order valence-corrected chi connectivity index (χ4v) is 4.37. The lowest BCUT2D eigenvalue weighted by atomic mass is 9.90. The number of carbonyl (C=O) groups is 2. The van der Waals surface area contributed by atoms with Crippen LogP contribution in [-0.2, 0) is 9.53 Å². The molecule has 1 N–H and O–H groups in total. The number of benzene rings is 4. The molecule has 0 aromatic heterocycles. The highest BCUT2D eigenvalue weighted by molar-refractivity contribution is 6.14. The molecule has 0 bridgehead atoms. The molecule has 180 valence electrons. The van der Waals surface area contributed by atoms with Crippen molar-refractivity contribution in [1.29, 1.82) is 0 Å². The molecule has 1 aliphatic heterocycles. The van der Waals surface area contributed by atoms with Gasteiger partial charge in [-0.2, -0.15) is 0 Å². The van der Waals surface area contributed by atoms with Crippen LogP contribution in [0.5, 0.6) is 5.75 Å².